The van der Waals surface area contributed by atoms with Crippen LogP contribution in [-0.2, 0) is 5.41 Å². The predicted molar refractivity (Wildman–Crippen MR) is 54.0 cm³/mol. The molecule has 3 heteroatoms. The standard InChI is InChI=1S/C12H13F2N/c13-12(14)10-8-15-7-6-11(10,12)9-4-2-1-3-5-9/h1-5,10,15H,6-8H2/t10-,11-/m0/s1. The average molecular weight is 209 g/mol. The zero-order valence-corrected chi connectivity index (χ0v) is 8.34. The third-order valence-electron chi connectivity index (χ3n) is 3.88. The summed E-state index contributed by atoms with van der Waals surface area (Å²) in [5.41, 5.74) is -0.0547. The average Bonchev–Trinajstić information content (AvgIpc) is 2.80. The molecule has 1 heterocycles. The number of alkyl halides is 2. The summed E-state index contributed by atoms with van der Waals surface area (Å²) in [4.78, 5) is 0. The van der Waals surface area contributed by atoms with Crippen molar-refractivity contribution in [2.45, 2.75) is 17.8 Å². The number of rotatable bonds is 1. The van der Waals surface area contributed by atoms with Gasteiger partial charge in [0.15, 0.2) is 0 Å². The van der Waals surface area contributed by atoms with Gasteiger partial charge in [-0.05, 0) is 18.5 Å². The fraction of sp³-hybridized carbons (Fsp3) is 0.500. The Kier molecular flexibility index (Phi) is 1.72. The van der Waals surface area contributed by atoms with Gasteiger partial charge in [-0.3, -0.25) is 0 Å². The smallest absolute Gasteiger partial charge is 0.263 e. The van der Waals surface area contributed by atoms with Crippen molar-refractivity contribution < 1.29 is 8.78 Å². The van der Waals surface area contributed by atoms with Crippen molar-refractivity contribution in [3.05, 3.63) is 35.9 Å². The number of nitrogens with one attached hydrogen (secondary N) is 1. The molecule has 1 aliphatic heterocycles. The van der Waals surface area contributed by atoms with Gasteiger partial charge in [0.2, 0.25) is 0 Å². The van der Waals surface area contributed by atoms with Gasteiger partial charge < -0.3 is 5.32 Å². The fourth-order valence-corrected chi connectivity index (χ4v) is 2.98. The molecule has 2 fully saturated rings. The second kappa shape index (κ2) is 2.79. The molecule has 2 aliphatic rings. The predicted octanol–water partition coefficient (Wildman–Crippen LogP) is 2.18. The molecule has 0 unspecified atom stereocenters. The minimum atomic E-state index is -2.52. The van der Waals surface area contributed by atoms with E-state index in [1.54, 1.807) is 0 Å². The van der Waals surface area contributed by atoms with Gasteiger partial charge in [0.05, 0.1) is 11.3 Å². The van der Waals surface area contributed by atoms with Crippen molar-refractivity contribution in [3.63, 3.8) is 0 Å². The summed E-state index contributed by atoms with van der Waals surface area (Å²) in [6.07, 6.45) is 0.550. The van der Waals surface area contributed by atoms with E-state index in [1.807, 2.05) is 30.3 Å². The largest absolute Gasteiger partial charge is 0.316 e. The van der Waals surface area contributed by atoms with Crippen molar-refractivity contribution in [1.82, 2.24) is 5.32 Å². The number of fused-ring (bicyclic) bond motifs is 1. The van der Waals surface area contributed by atoms with Crippen LogP contribution in [0.2, 0.25) is 0 Å². The lowest BCUT2D eigenvalue weighted by Crippen LogP contribution is -2.31. The van der Waals surface area contributed by atoms with Crippen LogP contribution < -0.4 is 5.32 Å². The monoisotopic (exact) mass is 209 g/mol. The highest BCUT2D eigenvalue weighted by molar-refractivity contribution is 5.42. The molecular weight excluding hydrogens is 196 g/mol. The van der Waals surface area contributed by atoms with E-state index in [9.17, 15) is 8.78 Å². The molecule has 1 N–H and O–H groups in total. The zero-order chi connectivity index (χ0) is 10.5. The van der Waals surface area contributed by atoms with Crippen LogP contribution in [0.1, 0.15) is 12.0 Å². The molecular formula is C12H13F2N. The first-order valence-electron chi connectivity index (χ1n) is 5.33. The highest BCUT2D eigenvalue weighted by Crippen LogP contribution is 2.69. The summed E-state index contributed by atoms with van der Waals surface area (Å²) in [6, 6.07) is 9.23. The van der Waals surface area contributed by atoms with Gasteiger partial charge >= 0.3 is 0 Å². The lowest BCUT2D eigenvalue weighted by atomic mass is 9.87. The molecule has 3 rings (SSSR count). The summed E-state index contributed by atoms with van der Waals surface area (Å²) in [7, 11) is 0. The van der Waals surface area contributed by atoms with Crippen LogP contribution >= 0.6 is 0 Å². The molecule has 0 amide bonds. The Balaban J connectivity index is 2.04. The van der Waals surface area contributed by atoms with Crippen LogP contribution in [0.15, 0.2) is 30.3 Å². The van der Waals surface area contributed by atoms with Gasteiger partial charge in [-0.1, -0.05) is 30.3 Å². The van der Waals surface area contributed by atoms with E-state index in [0.29, 0.717) is 19.5 Å². The van der Waals surface area contributed by atoms with E-state index in [-0.39, 0.29) is 0 Å². The fourth-order valence-electron chi connectivity index (χ4n) is 2.98. The van der Waals surface area contributed by atoms with Crippen molar-refractivity contribution in [2.75, 3.05) is 13.1 Å². The van der Waals surface area contributed by atoms with E-state index in [1.165, 1.54) is 0 Å². The molecule has 1 saturated carbocycles. The second-order valence-corrected chi connectivity index (χ2v) is 4.47. The molecule has 0 radical (unpaired) electrons. The van der Waals surface area contributed by atoms with E-state index < -0.39 is 17.3 Å². The van der Waals surface area contributed by atoms with Crippen molar-refractivity contribution in [2.24, 2.45) is 5.92 Å². The van der Waals surface area contributed by atoms with Crippen LogP contribution in [0.5, 0.6) is 0 Å². The summed E-state index contributed by atoms with van der Waals surface area (Å²) >= 11 is 0. The molecule has 80 valence electrons. The van der Waals surface area contributed by atoms with E-state index in [2.05, 4.69) is 5.32 Å². The SMILES string of the molecule is FC1(F)[C@H]2CNCC[C@]21c1ccccc1. The molecule has 0 spiro atoms. The van der Waals surface area contributed by atoms with E-state index in [4.69, 9.17) is 0 Å². The molecule has 0 bridgehead atoms. The third kappa shape index (κ3) is 0.991. The molecule has 1 aromatic carbocycles. The van der Waals surface area contributed by atoms with Crippen molar-refractivity contribution >= 4 is 0 Å². The van der Waals surface area contributed by atoms with Crippen LogP contribution in [-0.4, -0.2) is 19.0 Å². The summed E-state index contributed by atoms with van der Waals surface area (Å²) in [5.74, 6) is -3.01. The van der Waals surface area contributed by atoms with Gasteiger partial charge in [-0.15, -0.1) is 0 Å². The minimum absolute atomic E-state index is 0.446. The van der Waals surface area contributed by atoms with Gasteiger partial charge in [0, 0.05) is 6.54 Å². The Hall–Kier alpha value is -0.960. The van der Waals surface area contributed by atoms with Crippen LogP contribution in [0.4, 0.5) is 8.78 Å². The summed E-state index contributed by atoms with van der Waals surface area (Å²) in [6.45, 7) is 1.14. The van der Waals surface area contributed by atoms with Crippen LogP contribution in [0, 0.1) is 5.92 Å². The van der Waals surface area contributed by atoms with Crippen LogP contribution in [0.25, 0.3) is 0 Å². The highest BCUT2D eigenvalue weighted by Gasteiger charge is 2.80. The normalized spacial score (nSPS) is 37.1. The Morgan fingerprint density at radius 1 is 1.20 bits per heavy atom. The molecule has 1 aromatic rings. The molecule has 1 nitrogen and oxygen atoms in total. The van der Waals surface area contributed by atoms with Crippen molar-refractivity contribution in [3.8, 4) is 0 Å². The number of benzene rings is 1. The summed E-state index contributed by atoms with van der Waals surface area (Å²) < 4.78 is 27.6. The van der Waals surface area contributed by atoms with Gasteiger partial charge in [-0.2, -0.15) is 0 Å². The van der Waals surface area contributed by atoms with Gasteiger partial charge in [0.1, 0.15) is 0 Å². The number of hydrogen-bond acceptors (Lipinski definition) is 1. The first-order chi connectivity index (χ1) is 7.19. The quantitative estimate of drug-likeness (QED) is 0.747. The molecule has 1 aliphatic carbocycles. The Labute approximate surface area is 87.5 Å². The Morgan fingerprint density at radius 3 is 2.60 bits per heavy atom. The second-order valence-electron chi connectivity index (χ2n) is 4.47. The molecule has 2 atom stereocenters. The first-order valence-corrected chi connectivity index (χ1v) is 5.33. The van der Waals surface area contributed by atoms with E-state index in [0.717, 1.165) is 5.56 Å². The lowest BCUT2D eigenvalue weighted by molar-refractivity contribution is 0.0781. The number of hydrogen-bond donors (Lipinski definition) is 1. The maximum atomic E-state index is 13.8. The summed E-state index contributed by atoms with van der Waals surface area (Å²) in [5, 5.41) is 3.05. The zero-order valence-electron chi connectivity index (χ0n) is 8.34. The Bertz CT molecular complexity index is 376. The number of halogens is 2. The van der Waals surface area contributed by atoms with Gasteiger partial charge in [-0.25, -0.2) is 8.78 Å². The van der Waals surface area contributed by atoms with Gasteiger partial charge in [0.25, 0.3) is 5.92 Å². The van der Waals surface area contributed by atoms with Crippen LogP contribution in [0.3, 0.4) is 0 Å². The molecule has 0 aromatic heterocycles. The highest BCUT2D eigenvalue weighted by atomic mass is 19.3. The topological polar surface area (TPSA) is 12.0 Å². The molecule has 1 saturated heterocycles. The maximum absolute atomic E-state index is 13.8. The van der Waals surface area contributed by atoms with Crippen molar-refractivity contribution in [1.29, 1.82) is 0 Å². The lowest BCUT2D eigenvalue weighted by Gasteiger charge is -2.21. The Morgan fingerprint density at radius 2 is 1.93 bits per heavy atom. The maximum Gasteiger partial charge on any atom is 0.263 e. The first kappa shape index (κ1) is 9.28. The molecule has 15 heavy (non-hydrogen) atoms. The third-order valence-corrected chi connectivity index (χ3v) is 3.88. The van der Waals surface area contributed by atoms with E-state index >= 15 is 0 Å². The minimum Gasteiger partial charge on any atom is -0.316 e. The number of piperidine rings is 1.